The Morgan fingerprint density at radius 1 is 0.522 bits per heavy atom. The molecule has 6 heteroatoms. The molecule has 3 aromatic heterocycles. The Hall–Kier alpha value is -6.27. The minimum atomic E-state index is 0.585. The number of nitrogens with one attached hydrogen (secondary N) is 1. The van der Waals surface area contributed by atoms with Crippen molar-refractivity contribution in [3.8, 4) is 34.2 Å². The van der Waals surface area contributed by atoms with E-state index >= 15 is 0 Å². The van der Waals surface area contributed by atoms with Gasteiger partial charge in [-0.05, 0) is 70.6 Å². The number of aromatic nitrogens is 3. The first-order valence-corrected chi connectivity index (χ1v) is 15.3. The van der Waals surface area contributed by atoms with Gasteiger partial charge in [0.2, 0.25) is 0 Å². The van der Waals surface area contributed by atoms with Gasteiger partial charge >= 0.3 is 0 Å². The molecule has 9 aromatic rings. The van der Waals surface area contributed by atoms with Crippen molar-refractivity contribution >= 4 is 60.7 Å². The van der Waals surface area contributed by atoms with Crippen LogP contribution in [-0.2, 0) is 6.54 Å². The average Bonchev–Trinajstić information content (AvgIpc) is 3.68. The summed E-state index contributed by atoms with van der Waals surface area (Å²) >= 11 is 0. The lowest BCUT2D eigenvalue weighted by Gasteiger charge is -2.12. The van der Waals surface area contributed by atoms with Crippen LogP contribution in [0.5, 0.6) is 0 Å². The van der Waals surface area contributed by atoms with E-state index in [1.807, 2.05) is 48.7 Å². The molecule has 216 valence electrons. The molecule has 1 aliphatic heterocycles. The van der Waals surface area contributed by atoms with Gasteiger partial charge < -0.3 is 14.2 Å². The zero-order chi connectivity index (χ0) is 30.2. The van der Waals surface area contributed by atoms with Crippen molar-refractivity contribution in [2.45, 2.75) is 6.54 Å². The molecule has 0 aliphatic carbocycles. The maximum absolute atomic E-state index is 6.42. The average molecular weight is 593 g/mol. The summed E-state index contributed by atoms with van der Waals surface area (Å²) in [6, 6.07) is 39.3. The Morgan fingerprint density at radius 2 is 1.20 bits per heavy atom. The zero-order valence-corrected chi connectivity index (χ0v) is 24.5. The molecule has 0 saturated carbocycles. The van der Waals surface area contributed by atoms with Gasteiger partial charge in [0.05, 0.1) is 0 Å². The van der Waals surface area contributed by atoms with Crippen LogP contribution in [-0.4, -0.2) is 15.0 Å². The number of benzene rings is 6. The molecule has 6 aromatic carbocycles. The van der Waals surface area contributed by atoms with E-state index < -0.39 is 0 Å². The number of rotatable bonds is 3. The zero-order valence-electron chi connectivity index (χ0n) is 24.5. The Labute approximate surface area is 262 Å². The van der Waals surface area contributed by atoms with Crippen LogP contribution in [0.1, 0.15) is 11.1 Å². The van der Waals surface area contributed by atoms with Gasteiger partial charge in [0.1, 0.15) is 22.3 Å². The second kappa shape index (κ2) is 9.61. The first-order valence-electron chi connectivity index (χ1n) is 15.3. The molecule has 0 spiro atoms. The van der Waals surface area contributed by atoms with E-state index in [4.69, 9.17) is 23.8 Å². The van der Waals surface area contributed by atoms with Crippen molar-refractivity contribution in [2.24, 2.45) is 0 Å². The maximum Gasteiger partial charge on any atom is 0.164 e. The Morgan fingerprint density at radius 3 is 2.02 bits per heavy atom. The maximum atomic E-state index is 6.42. The molecule has 0 bridgehead atoms. The van der Waals surface area contributed by atoms with E-state index in [2.05, 4.69) is 84.2 Å². The summed E-state index contributed by atoms with van der Waals surface area (Å²) in [6.07, 6.45) is 4.06. The molecule has 0 unspecified atom stereocenters. The monoisotopic (exact) mass is 592 g/mol. The Bertz CT molecular complexity index is 2720. The lowest BCUT2D eigenvalue weighted by atomic mass is 9.99. The molecule has 0 fully saturated rings. The van der Waals surface area contributed by atoms with Crippen molar-refractivity contribution in [1.29, 1.82) is 0 Å². The minimum Gasteiger partial charge on any atom is -0.456 e. The van der Waals surface area contributed by atoms with Crippen molar-refractivity contribution in [2.75, 3.05) is 0 Å². The second-order valence-electron chi connectivity index (χ2n) is 11.7. The van der Waals surface area contributed by atoms with Crippen LogP contribution in [0.2, 0.25) is 0 Å². The number of furan rings is 2. The quantitative estimate of drug-likeness (QED) is 0.220. The van der Waals surface area contributed by atoms with Crippen LogP contribution in [0.4, 0.5) is 0 Å². The van der Waals surface area contributed by atoms with Gasteiger partial charge in [0, 0.05) is 44.8 Å². The molecule has 0 atom stereocenters. The number of fused-ring (bicyclic) bond motifs is 8. The van der Waals surface area contributed by atoms with Crippen molar-refractivity contribution in [1.82, 2.24) is 20.3 Å². The standard InChI is InChI=1S/C40H24N4O2/c1-2-8-24-19-26(16-15-23(24)7-1)38-42-39(29-10-5-13-33-36(29)28-9-3-4-12-32(28)45-33)44-40(43-38)30-11-6-14-34-37(30)31-20-27-22-41-18-17-25(27)21-35(31)46-34/h1-21,41H,22H2. The van der Waals surface area contributed by atoms with Gasteiger partial charge in [0.25, 0.3) is 0 Å². The number of hydrogen-bond acceptors (Lipinski definition) is 6. The van der Waals surface area contributed by atoms with Crippen LogP contribution in [0.15, 0.2) is 130 Å². The normalized spacial score (nSPS) is 12.8. The molecule has 46 heavy (non-hydrogen) atoms. The van der Waals surface area contributed by atoms with Gasteiger partial charge in [-0.1, -0.05) is 78.9 Å². The van der Waals surface area contributed by atoms with Crippen LogP contribution < -0.4 is 5.32 Å². The van der Waals surface area contributed by atoms with E-state index in [1.165, 1.54) is 5.56 Å². The highest BCUT2D eigenvalue weighted by atomic mass is 16.3. The predicted octanol–water partition coefficient (Wildman–Crippen LogP) is 9.90. The van der Waals surface area contributed by atoms with Crippen molar-refractivity contribution in [3.63, 3.8) is 0 Å². The van der Waals surface area contributed by atoms with Crippen molar-refractivity contribution < 1.29 is 8.83 Å². The topological polar surface area (TPSA) is 77.0 Å². The van der Waals surface area contributed by atoms with Gasteiger partial charge in [-0.15, -0.1) is 0 Å². The molecule has 1 N–H and O–H groups in total. The summed E-state index contributed by atoms with van der Waals surface area (Å²) in [6.45, 7) is 0.765. The van der Waals surface area contributed by atoms with Crippen LogP contribution in [0.25, 0.3) is 94.9 Å². The van der Waals surface area contributed by atoms with Crippen LogP contribution in [0.3, 0.4) is 0 Å². The highest BCUT2D eigenvalue weighted by molar-refractivity contribution is 6.13. The summed E-state index contributed by atoms with van der Waals surface area (Å²) in [5.41, 5.74) is 8.35. The van der Waals surface area contributed by atoms with Crippen molar-refractivity contribution in [3.05, 3.63) is 133 Å². The van der Waals surface area contributed by atoms with E-state index in [0.717, 1.165) is 83.4 Å². The Kier molecular flexibility index (Phi) is 5.25. The number of nitrogens with zero attached hydrogens (tertiary/aromatic N) is 3. The largest absolute Gasteiger partial charge is 0.456 e. The fraction of sp³-hybridized carbons (Fsp3) is 0.0250. The first-order chi connectivity index (χ1) is 22.8. The van der Waals surface area contributed by atoms with Gasteiger partial charge in [0.15, 0.2) is 17.5 Å². The third-order valence-corrected chi connectivity index (χ3v) is 8.96. The third kappa shape index (κ3) is 3.80. The molecule has 0 radical (unpaired) electrons. The summed E-state index contributed by atoms with van der Waals surface area (Å²) < 4.78 is 12.7. The highest BCUT2D eigenvalue weighted by Gasteiger charge is 2.21. The SMILES string of the molecule is C1=Cc2cc3oc4cccc(-c5nc(-c6ccc7ccccc7c6)nc(-c6cccc7oc8ccccc8c67)n5)c4c3cc2CN1. The van der Waals surface area contributed by atoms with Gasteiger partial charge in [-0.3, -0.25) is 0 Å². The summed E-state index contributed by atoms with van der Waals surface area (Å²) in [7, 11) is 0. The first kappa shape index (κ1) is 25.1. The van der Waals surface area contributed by atoms with Gasteiger partial charge in [-0.25, -0.2) is 15.0 Å². The Balaban J connectivity index is 1.27. The fourth-order valence-corrected chi connectivity index (χ4v) is 6.78. The summed E-state index contributed by atoms with van der Waals surface area (Å²) in [5, 5.41) is 9.66. The fourth-order valence-electron chi connectivity index (χ4n) is 6.78. The highest BCUT2D eigenvalue weighted by Crippen LogP contribution is 2.40. The second-order valence-corrected chi connectivity index (χ2v) is 11.7. The molecule has 6 nitrogen and oxygen atoms in total. The molecule has 4 heterocycles. The number of para-hydroxylation sites is 1. The van der Waals surface area contributed by atoms with E-state index in [0.29, 0.717) is 17.5 Å². The summed E-state index contributed by atoms with van der Waals surface area (Å²) in [5.74, 6) is 1.77. The predicted molar refractivity (Wildman–Crippen MR) is 184 cm³/mol. The summed E-state index contributed by atoms with van der Waals surface area (Å²) in [4.78, 5) is 15.5. The smallest absolute Gasteiger partial charge is 0.164 e. The van der Waals surface area contributed by atoms with Crippen LogP contribution >= 0.6 is 0 Å². The van der Waals surface area contributed by atoms with E-state index in [1.54, 1.807) is 0 Å². The lowest BCUT2D eigenvalue weighted by Crippen LogP contribution is -2.09. The van der Waals surface area contributed by atoms with Gasteiger partial charge in [-0.2, -0.15) is 0 Å². The van der Waals surface area contributed by atoms with E-state index in [9.17, 15) is 0 Å². The lowest BCUT2D eigenvalue weighted by molar-refractivity contribution is 0.668. The minimum absolute atomic E-state index is 0.585. The molecular weight excluding hydrogens is 568 g/mol. The van der Waals surface area contributed by atoms with E-state index in [-0.39, 0.29) is 0 Å². The van der Waals surface area contributed by atoms with Crippen LogP contribution in [0, 0.1) is 0 Å². The molecule has 0 amide bonds. The number of hydrogen-bond donors (Lipinski definition) is 1. The molecular formula is C40H24N4O2. The third-order valence-electron chi connectivity index (χ3n) is 8.96. The molecule has 1 aliphatic rings. The molecule has 10 rings (SSSR count). The molecule has 0 saturated heterocycles.